The van der Waals surface area contributed by atoms with E-state index in [9.17, 15) is 18.0 Å². The minimum atomic E-state index is -0.712. The van der Waals surface area contributed by atoms with Crippen LogP contribution in [0.15, 0.2) is 36.4 Å². The third kappa shape index (κ3) is 4.92. The summed E-state index contributed by atoms with van der Waals surface area (Å²) in [6, 6.07) is 6.94. The molecule has 0 fully saturated rings. The van der Waals surface area contributed by atoms with Gasteiger partial charge in [0.05, 0.1) is 18.6 Å². The first kappa shape index (κ1) is 17.2. The molecule has 23 heavy (non-hydrogen) atoms. The van der Waals surface area contributed by atoms with Crippen LogP contribution in [0.1, 0.15) is 5.56 Å². The summed E-state index contributed by atoms with van der Waals surface area (Å²) >= 11 is 1.21. The molecule has 3 nitrogen and oxygen atoms in total. The summed E-state index contributed by atoms with van der Waals surface area (Å²) in [5.41, 5.74) is 0.404. The summed E-state index contributed by atoms with van der Waals surface area (Å²) in [7, 11) is 1.47. The number of carbonyl (C=O) groups excluding carboxylic acids is 1. The first-order valence-electron chi connectivity index (χ1n) is 6.64. The molecule has 0 bridgehead atoms. The molecule has 0 saturated heterocycles. The van der Waals surface area contributed by atoms with E-state index in [-0.39, 0.29) is 11.4 Å². The van der Waals surface area contributed by atoms with Crippen molar-refractivity contribution in [3.8, 4) is 5.75 Å². The van der Waals surface area contributed by atoms with Crippen molar-refractivity contribution < 1.29 is 22.7 Å². The van der Waals surface area contributed by atoms with Gasteiger partial charge in [-0.3, -0.25) is 4.79 Å². The Labute approximate surface area is 135 Å². The third-order valence-electron chi connectivity index (χ3n) is 2.94. The highest BCUT2D eigenvalue weighted by Gasteiger charge is 2.10. The second-order valence-corrected chi connectivity index (χ2v) is 5.61. The Bertz CT molecular complexity index is 710. The lowest BCUT2D eigenvalue weighted by atomic mass is 10.2. The van der Waals surface area contributed by atoms with Gasteiger partial charge in [-0.1, -0.05) is 0 Å². The molecule has 0 aliphatic rings. The van der Waals surface area contributed by atoms with Gasteiger partial charge in [0.1, 0.15) is 23.2 Å². The molecular weight excluding hydrogens is 327 g/mol. The quantitative estimate of drug-likeness (QED) is 0.864. The largest absolute Gasteiger partial charge is 0.496 e. The van der Waals surface area contributed by atoms with Crippen LogP contribution in [0.25, 0.3) is 0 Å². The topological polar surface area (TPSA) is 38.3 Å². The van der Waals surface area contributed by atoms with Gasteiger partial charge in [-0.25, -0.2) is 13.2 Å². The van der Waals surface area contributed by atoms with Crippen LogP contribution in [0.3, 0.4) is 0 Å². The maximum absolute atomic E-state index is 13.4. The number of hydrogen-bond acceptors (Lipinski definition) is 3. The summed E-state index contributed by atoms with van der Waals surface area (Å²) in [5.74, 6) is -1.34. The Morgan fingerprint density at radius 1 is 1.13 bits per heavy atom. The highest BCUT2D eigenvalue weighted by molar-refractivity contribution is 7.99. The molecule has 0 heterocycles. The number of halogens is 3. The van der Waals surface area contributed by atoms with E-state index >= 15 is 0 Å². The fraction of sp³-hybridized carbons (Fsp3) is 0.188. The number of hydrogen-bond donors (Lipinski definition) is 1. The maximum Gasteiger partial charge on any atom is 0.234 e. The minimum absolute atomic E-state index is 0.00954. The second-order valence-electron chi connectivity index (χ2n) is 4.62. The lowest BCUT2D eigenvalue weighted by molar-refractivity contribution is -0.113. The standard InChI is InChI=1S/C16H14F3NO2S/c1-22-15-5-3-11(17)6-10(15)8-23-9-16(21)20-14-7-12(18)2-4-13(14)19/h2-7H,8-9H2,1H3,(H,20,21). The Kier molecular flexibility index (Phi) is 5.92. The number of ether oxygens (including phenoxy) is 1. The number of amides is 1. The summed E-state index contributed by atoms with van der Waals surface area (Å²) < 4.78 is 44.8. The molecule has 0 aliphatic heterocycles. The van der Waals surface area contributed by atoms with Crippen LogP contribution < -0.4 is 10.1 Å². The van der Waals surface area contributed by atoms with E-state index < -0.39 is 23.4 Å². The van der Waals surface area contributed by atoms with Gasteiger partial charge in [-0.2, -0.15) is 0 Å². The smallest absolute Gasteiger partial charge is 0.234 e. The first-order chi connectivity index (χ1) is 11.0. The highest BCUT2D eigenvalue weighted by Crippen LogP contribution is 2.24. The predicted octanol–water partition coefficient (Wildman–Crippen LogP) is 3.98. The van der Waals surface area contributed by atoms with E-state index in [1.165, 1.54) is 37.1 Å². The van der Waals surface area contributed by atoms with Gasteiger partial charge in [0, 0.05) is 17.4 Å². The van der Waals surface area contributed by atoms with Gasteiger partial charge >= 0.3 is 0 Å². The van der Waals surface area contributed by atoms with E-state index in [4.69, 9.17) is 4.74 Å². The zero-order valence-corrected chi connectivity index (χ0v) is 13.1. The van der Waals surface area contributed by atoms with Crippen molar-refractivity contribution in [1.29, 1.82) is 0 Å². The average Bonchev–Trinajstić information content (AvgIpc) is 2.51. The number of nitrogens with one attached hydrogen (secondary N) is 1. The second kappa shape index (κ2) is 7.92. The van der Waals surface area contributed by atoms with Crippen LogP contribution in [0.2, 0.25) is 0 Å². The molecule has 0 aromatic heterocycles. The van der Waals surface area contributed by atoms with E-state index in [0.717, 1.165) is 18.2 Å². The van der Waals surface area contributed by atoms with Gasteiger partial charge in [0.2, 0.25) is 5.91 Å². The monoisotopic (exact) mass is 341 g/mol. The molecule has 122 valence electrons. The Morgan fingerprint density at radius 2 is 1.83 bits per heavy atom. The molecule has 0 atom stereocenters. The van der Waals surface area contributed by atoms with Crippen molar-refractivity contribution in [3.63, 3.8) is 0 Å². The fourth-order valence-electron chi connectivity index (χ4n) is 1.89. The predicted molar refractivity (Wildman–Crippen MR) is 84.1 cm³/mol. The zero-order chi connectivity index (χ0) is 16.8. The normalized spacial score (nSPS) is 10.4. The van der Waals surface area contributed by atoms with Crippen LogP contribution in [0.5, 0.6) is 5.75 Å². The van der Waals surface area contributed by atoms with Gasteiger partial charge in [0.15, 0.2) is 0 Å². The van der Waals surface area contributed by atoms with Crippen molar-refractivity contribution >= 4 is 23.4 Å². The molecular formula is C16H14F3NO2S. The number of benzene rings is 2. The van der Waals surface area contributed by atoms with Crippen LogP contribution in [-0.2, 0) is 10.5 Å². The van der Waals surface area contributed by atoms with Gasteiger partial charge in [0.25, 0.3) is 0 Å². The van der Waals surface area contributed by atoms with Crippen molar-refractivity contribution in [3.05, 3.63) is 59.4 Å². The molecule has 0 spiro atoms. The van der Waals surface area contributed by atoms with Crippen molar-refractivity contribution in [1.82, 2.24) is 0 Å². The molecule has 0 aliphatic carbocycles. The van der Waals surface area contributed by atoms with Gasteiger partial charge in [-0.05, 0) is 30.3 Å². The number of thioether (sulfide) groups is 1. The van der Waals surface area contributed by atoms with E-state index in [1.54, 1.807) is 0 Å². The fourth-order valence-corrected chi connectivity index (χ4v) is 2.70. The molecule has 7 heteroatoms. The Balaban J connectivity index is 1.90. The summed E-state index contributed by atoms with van der Waals surface area (Å²) in [5, 5.41) is 2.30. The lowest BCUT2D eigenvalue weighted by Crippen LogP contribution is -2.15. The summed E-state index contributed by atoms with van der Waals surface area (Å²) in [4.78, 5) is 11.8. The van der Waals surface area contributed by atoms with Crippen LogP contribution in [-0.4, -0.2) is 18.8 Å². The van der Waals surface area contributed by atoms with E-state index in [0.29, 0.717) is 17.1 Å². The minimum Gasteiger partial charge on any atom is -0.496 e. The molecule has 1 N–H and O–H groups in total. The molecule has 2 rings (SSSR count). The Hall–Kier alpha value is -2.15. The average molecular weight is 341 g/mol. The van der Waals surface area contributed by atoms with Crippen molar-refractivity contribution in [2.75, 3.05) is 18.2 Å². The van der Waals surface area contributed by atoms with E-state index in [1.807, 2.05) is 0 Å². The van der Waals surface area contributed by atoms with Crippen LogP contribution in [0, 0.1) is 17.5 Å². The lowest BCUT2D eigenvalue weighted by Gasteiger charge is -2.09. The van der Waals surface area contributed by atoms with Crippen LogP contribution >= 0.6 is 11.8 Å². The Morgan fingerprint density at radius 3 is 2.57 bits per heavy atom. The molecule has 1 amide bonds. The number of anilines is 1. The number of carbonyl (C=O) groups is 1. The molecule has 0 unspecified atom stereocenters. The van der Waals surface area contributed by atoms with E-state index in [2.05, 4.69) is 5.32 Å². The molecule has 0 radical (unpaired) electrons. The molecule has 2 aromatic carbocycles. The first-order valence-corrected chi connectivity index (χ1v) is 7.80. The van der Waals surface area contributed by atoms with Crippen molar-refractivity contribution in [2.45, 2.75) is 5.75 Å². The highest BCUT2D eigenvalue weighted by atomic mass is 32.2. The van der Waals surface area contributed by atoms with Crippen molar-refractivity contribution in [2.24, 2.45) is 0 Å². The van der Waals surface area contributed by atoms with Gasteiger partial charge < -0.3 is 10.1 Å². The third-order valence-corrected chi connectivity index (χ3v) is 3.92. The summed E-state index contributed by atoms with van der Waals surface area (Å²) in [6.07, 6.45) is 0. The van der Waals surface area contributed by atoms with Gasteiger partial charge in [-0.15, -0.1) is 11.8 Å². The molecule has 2 aromatic rings. The van der Waals surface area contributed by atoms with Crippen LogP contribution in [0.4, 0.5) is 18.9 Å². The SMILES string of the molecule is COc1ccc(F)cc1CSCC(=O)Nc1cc(F)ccc1F. The number of methoxy groups -OCH3 is 1. The summed E-state index contributed by atoms with van der Waals surface area (Å²) in [6.45, 7) is 0. The zero-order valence-electron chi connectivity index (χ0n) is 12.2. The molecule has 0 saturated carbocycles. The number of rotatable bonds is 6. The maximum atomic E-state index is 13.4.